The van der Waals surface area contributed by atoms with Crippen molar-refractivity contribution in [1.82, 2.24) is 14.9 Å². The largest absolute Gasteiger partial charge is 0.454 e. The van der Waals surface area contributed by atoms with Crippen LogP contribution in [0, 0.1) is 3.77 Å². The molecule has 0 saturated heterocycles. The third kappa shape index (κ3) is 3.47. The maximum atomic E-state index is 5.67. The van der Waals surface area contributed by atoms with Crippen molar-refractivity contribution in [2.24, 2.45) is 4.99 Å². The molecule has 0 unspecified atom stereocenters. The molecule has 2 aromatic heterocycles. The van der Waals surface area contributed by atoms with Gasteiger partial charge in [0.25, 0.3) is 0 Å². The number of hydrogen-bond donors (Lipinski definition) is 0. The minimum absolute atomic E-state index is 0.844. The first-order chi connectivity index (χ1) is 11.3. The van der Waals surface area contributed by atoms with E-state index < -0.39 is 0 Å². The van der Waals surface area contributed by atoms with E-state index in [2.05, 4.69) is 43.5 Å². The first kappa shape index (κ1) is 15.3. The Kier molecular flexibility index (Phi) is 4.43. The normalized spacial score (nSPS) is 18.6. The predicted octanol–water partition coefficient (Wildman–Crippen LogP) is 3.21. The Bertz CT molecular complexity index is 740. The highest BCUT2D eigenvalue weighted by atomic mass is 127. The van der Waals surface area contributed by atoms with Gasteiger partial charge in [-0.2, -0.15) is 0 Å². The van der Waals surface area contributed by atoms with Crippen LogP contribution in [0.5, 0.6) is 0 Å². The molecule has 2 aliphatic heterocycles. The molecule has 6 heteroatoms. The third-order valence-electron chi connectivity index (χ3n) is 4.40. The number of halogens is 1. The zero-order chi connectivity index (χ0) is 15.6. The second kappa shape index (κ2) is 6.68. The van der Waals surface area contributed by atoms with Crippen molar-refractivity contribution >= 4 is 28.3 Å². The standard InChI is InChI=1S/C17H19IN4O/c18-16-5-4-13(23-16)11-22-8-6-14-12(10-22)9-20-17(21-14)15-3-1-2-7-19-15/h4-5,9H,1-3,6-8,10-11H2. The Morgan fingerprint density at radius 3 is 2.96 bits per heavy atom. The summed E-state index contributed by atoms with van der Waals surface area (Å²) in [5.41, 5.74) is 3.51. The zero-order valence-electron chi connectivity index (χ0n) is 13.0. The van der Waals surface area contributed by atoms with Crippen LogP contribution in [0.3, 0.4) is 0 Å². The van der Waals surface area contributed by atoms with Crippen molar-refractivity contribution in [3.8, 4) is 0 Å². The van der Waals surface area contributed by atoms with Crippen molar-refractivity contribution in [3.63, 3.8) is 0 Å². The van der Waals surface area contributed by atoms with Gasteiger partial charge in [0.05, 0.1) is 18.0 Å². The molecule has 0 aromatic carbocycles. The second-order valence-corrected chi connectivity index (χ2v) is 7.18. The van der Waals surface area contributed by atoms with Gasteiger partial charge in [-0.1, -0.05) is 0 Å². The molecule has 0 radical (unpaired) electrons. The van der Waals surface area contributed by atoms with Crippen LogP contribution in [-0.4, -0.2) is 33.7 Å². The molecule has 0 aliphatic carbocycles. The van der Waals surface area contributed by atoms with E-state index in [1.165, 1.54) is 24.1 Å². The van der Waals surface area contributed by atoms with Crippen LogP contribution >= 0.6 is 22.6 Å². The minimum atomic E-state index is 0.844. The fraction of sp³-hybridized carbons (Fsp3) is 0.471. The van der Waals surface area contributed by atoms with E-state index in [1.54, 1.807) is 0 Å². The summed E-state index contributed by atoms with van der Waals surface area (Å²) in [6.45, 7) is 3.66. The molecule has 2 aliphatic rings. The molecule has 5 nitrogen and oxygen atoms in total. The van der Waals surface area contributed by atoms with Crippen LogP contribution in [0.15, 0.2) is 27.7 Å². The highest BCUT2D eigenvalue weighted by Crippen LogP contribution is 2.21. The molecule has 0 N–H and O–H groups in total. The molecule has 0 amide bonds. The number of furan rings is 1. The van der Waals surface area contributed by atoms with Crippen molar-refractivity contribution in [2.75, 3.05) is 13.1 Å². The Morgan fingerprint density at radius 2 is 2.17 bits per heavy atom. The lowest BCUT2D eigenvalue weighted by Crippen LogP contribution is -2.31. The van der Waals surface area contributed by atoms with Crippen LogP contribution in [0.1, 0.15) is 42.1 Å². The van der Waals surface area contributed by atoms with Gasteiger partial charge in [-0.3, -0.25) is 9.89 Å². The highest BCUT2D eigenvalue weighted by Gasteiger charge is 2.21. The van der Waals surface area contributed by atoms with Crippen LogP contribution in [0.4, 0.5) is 0 Å². The lowest BCUT2D eigenvalue weighted by molar-refractivity contribution is 0.222. The van der Waals surface area contributed by atoms with E-state index in [9.17, 15) is 0 Å². The molecule has 0 saturated carbocycles. The average molecular weight is 422 g/mol. The molecule has 0 fully saturated rings. The summed E-state index contributed by atoms with van der Waals surface area (Å²) in [5, 5.41) is 0. The molecule has 120 valence electrons. The van der Waals surface area contributed by atoms with Crippen LogP contribution < -0.4 is 0 Å². The summed E-state index contributed by atoms with van der Waals surface area (Å²) in [6, 6.07) is 4.06. The number of fused-ring (bicyclic) bond motifs is 1. The van der Waals surface area contributed by atoms with Gasteiger partial charge in [-0.15, -0.1) is 0 Å². The van der Waals surface area contributed by atoms with E-state index in [-0.39, 0.29) is 0 Å². The maximum absolute atomic E-state index is 5.67. The average Bonchev–Trinajstić information content (AvgIpc) is 3.00. The monoisotopic (exact) mass is 422 g/mol. The van der Waals surface area contributed by atoms with Crippen LogP contribution in [-0.2, 0) is 19.5 Å². The van der Waals surface area contributed by atoms with Gasteiger partial charge in [0, 0.05) is 37.8 Å². The first-order valence-electron chi connectivity index (χ1n) is 8.13. The molecule has 4 rings (SSSR count). The second-order valence-electron chi connectivity index (χ2n) is 6.12. The van der Waals surface area contributed by atoms with E-state index >= 15 is 0 Å². The van der Waals surface area contributed by atoms with Gasteiger partial charge < -0.3 is 4.42 Å². The fourth-order valence-corrected chi connectivity index (χ4v) is 3.65. The Balaban J connectivity index is 1.48. The molecule has 23 heavy (non-hydrogen) atoms. The third-order valence-corrected chi connectivity index (χ3v) is 4.98. The minimum Gasteiger partial charge on any atom is -0.454 e. The lowest BCUT2D eigenvalue weighted by atomic mass is 10.1. The summed E-state index contributed by atoms with van der Waals surface area (Å²) in [4.78, 5) is 16.3. The Labute approximate surface area is 149 Å². The highest BCUT2D eigenvalue weighted by molar-refractivity contribution is 14.1. The molecule has 0 spiro atoms. The Morgan fingerprint density at radius 1 is 1.22 bits per heavy atom. The molecule has 4 heterocycles. The van der Waals surface area contributed by atoms with Crippen LogP contribution in [0.25, 0.3) is 0 Å². The smallest absolute Gasteiger partial charge is 0.173 e. The van der Waals surface area contributed by atoms with Gasteiger partial charge in [-0.25, -0.2) is 9.97 Å². The van der Waals surface area contributed by atoms with Crippen LogP contribution in [0.2, 0.25) is 0 Å². The summed E-state index contributed by atoms with van der Waals surface area (Å²) >= 11 is 2.20. The van der Waals surface area contributed by atoms with E-state index in [0.717, 1.165) is 60.1 Å². The van der Waals surface area contributed by atoms with Gasteiger partial charge in [0.2, 0.25) is 0 Å². The number of aromatic nitrogens is 2. The summed E-state index contributed by atoms with van der Waals surface area (Å²) in [5.74, 6) is 1.87. The topological polar surface area (TPSA) is 54.5 Å². The van der Waals surface area contributed by atoms with E-state index in [1.807, 2.05) is 12.3 Å². The summed E-state index contributed by atoms with van der Waals surface area (Å²) in [7, 11) is 0. The number of rotatable bonds is 3. The number of nitrogens with zero attached hydrogens (tertiary/aromatic N) is 4. The first-order valence-corrected chi connectivity index (χ1v) is 9.21. The number of hydrogen-bond acceptors (Lipinski definition) is 5. The lowest BCUT2D eigenvalue weighted by Gasteiger charge is -2.27. The van der Waals surface area contributed by atoms with Gasteiger partial charge in [-0.05, 0) is 54.0 Å². The van der Waals surface area contributed by atoms with Gasteiger partial charge >= 0.3 is 0 Å². The molecule has 0 atom stereocenters. The van der Waals surface area contributed by atoms with Gasteiger partial charge in [0.15, 0.2) is 9.59 Å². The van der Waals surface area contributed by atoms with Crippen molar-refractivity contribution in [2.45, 2.75) is 38.8 Å². The molecule has 0 bridgehead atoms. The molecule has 2 aromatic rings. The summed E-state index contributed by atoms with van der Waals surface area (Å²) in [6.07, 6.45) is 6.37. The quantitative estimate of drug-likeness (QED) is 0.714. The van der Waals surface area contributed by atoms with E-state index in [0.29, 0.717) is 0 Å². The predicted molar refractivity (Wildman–Crippen MR) is 96.5 cm³/mol. The molecular formula is C17H19IN4O. The summed E-state index contributed by atoms with van der Waals surface area (Å²) < 4.78 is 6.61. The fourth-order valence-electron chi connectivity index (χ4n) is 3.19. The van der Waals surface area contributed by atoms with Crippen molar-refractivity contribution in [1.29, 1.82) is 0 Å². The van der Waals surface area contributed by atoms with Crippen molar-refractivity contribution in [3.05, 3.63) is 44.9 Å². The maximum Gasteiger partial charge on any atom is 0.173 e. The van der Waals surface area contributed by atoms with E-state index in [4.69, 9.17) is 9.40 Å². The Hall–Kier alpha value is -1.28. The number of aliphatic imine (C=N–C) groups is 1. The molecular weight excluding hydrogens is 403 g/mol. The van der Waals surface area contributed by atoms with Gasteiger partial charge in [0.1, 0.15) is 5.76 Å². The van der Waals surface area contributed by atoms with Crippen molar-refractivity contribution < 1.29 is 4.42 Å². The zero-order valence-corrected chi connectivity index (χ0v) is 15.1. The SMILES string of the molecule is Ic1ccc(CN2CCc3nc(C4=NCCCC4)ncc3C2)o1.